The summed E-state index contributed by atoms with van der Waals surface area (Å²) in [6, 6.07) is 4.82. The monoisotopic (exact) mass is 488 g/mol. The zero-order chi connectivity index (χ0) is 23.1. The Morgan fingerprint density at radius 1 is 1.24 bits per heavy atom. The van der Waals surface area contributed by atoms with Gasteiger partial charge in [-0.3, -0.25) is 19.4 Å². The number of halogens is 1. The maximum absolute atomic E-state index is 14.1. The van der Waals surface area contributed by atoms with Crippen LogP contribution in [0.5, 0.6) is 0 Å². The number of hydrogen-bond donors (Lipinski definition) is 1. The summed E-state index contributed by atoms with van der Waals surface area (Å²) in [5.74, 6) is -1.51. The van der Waals surface area contributed by atoms with Gasteiger partial charge in [-0.15, -0.1) is 22.9 Å². The molecule has 1 saturated carbocycles. The molecule has 2 aromatic heterocycles. The number of rotatable bonds is 5. The number of thiazole rings is 1. The van der Waals surface area contributed by atoms with E-state index in [0.29, 0.717) is 16.3 Å². The van der Waals surface area contributed by atoms with E-state index in [-0.39, 0.29) is 35.8 Å². The van der Waals surface area contributed by atoms with Crippen LogP contribution >= 0.6 is 22.9 Å². The second-order valence-corrected chi connectivity index (χ2v) is 10.4. The minimum absolute atomic E-state index is 0.0296. The molecular formula is C23H25ClN4O4S. The number of hydrogen-bond acceptors (Lipinski definition) is 7. The zero-order valence-electron chi connectivity index (χ0n) is 18.0. The summed E-state index contributed by atoms with van der Waals surface area (Å²) in [6.45, 7) is 0.217. The van der Waals surface area contributed by atoms with Gasteiger partial charge >= 0.3 is 0 Å². The fourth-order valence-electron chi connectivity index (χ4n) is 5.34. The first-order valence-corrected chi connectivity index (χ1v) is 12.5. The SMILES string of the molecule is NC(=O)c1nc([C@@H](C(=O)N2C[C@H](Cl)[C@H]3OCC(=O)[C@H]32)C2CCCCC2)c(-c2ccccn2)s1. The Hall–Kier alpha value is -2.36. The van der Waals surface area contributed by atoms with Gasteiger partial charge in [0.1, 0.15) is 18.8 Å². The van der Waals surface area contributed by atoms with E-state index in [4.69, 9.17) is 22.1 Å². The van der Waals surface area contributed by atoms with Crippen molar-refractivity contribution in [2.75, 3.05) is 13.2 Å². The standard InChI is InChI=1S/C23H25ClN4O4S/c24-13-10-28(18-15(29)11-32-19(13)18)23(31)16(12-6-2-1-3-7-12)17-20(14-8-4-5-9-26-14)33-22(27-17)21(25)30/h4-5,8-9,12-13,16,18-19H,1-3,6-7,10-11H2,(H2,25,30)/t13-,16-,18+,19+/m0/s1. The van der Waals surface area contributed by atoms with Crippen LogP contribution in [-0.4, -0.2) is 63.1 Å². The predicted molar refractivity (Wildman–Crippen MR) is 123 cm³/mol. The molecule has 2 saturated heterocycles. The summed E-state index contributed by atoms with van der Waals surface area (Å²) in [4.78, 5) is 50.0. The van der Waals surface area contributed by atoms with Gasteiger partial charge in [0.05, 0.1) is 27.6 Å². The second kappa shape index (κ2) is 9.12. The summed E-state index contributed by atoms with van der Waals surface area (Å²) in [5.41, 5.74) is 6.73. The van der Waals surface area contributed by atoms with E-state index in [9.17, 15) is 14.4 Å². The molecule has 2 N–H and O–H groups in total. The highest BCUT2D eigenvalue weighted by Gasteiger charge is 2.53. The number of ketones is 1. The Bertz CT molecular complexity index is 1070. The molecule has 1 aliphatic carbocycles. The highest BCUT2D eigenvalue weighted by Crippen LogP contribution is 2.44. The average Bonchev–Trinajstić information content (AvgIpc) is 3.52. The molecule has 10 heteroatoms. The van der Waals surface area contributed by atoms with Gasteiger partial charge in [-0.05, 0) is 30.9 Å². The minimum atomic E-state index is -0.668. The third kappa shape index (κ3) is 4.06. The van der Waals surface area contributed by atoms with Crippen molar-refractivity contribution in [1.29, 1.82) is 0 Å². The number of ether oxygens (including phenoxy) is 1. The number of carbonyl (C=O) groups is 3. The lowest BCUT2D eigenvalue weighted by molar-refractivity contribution is -0.139. The number of pyridine rings is 1. The van der Waals surface area contributed by atoms with Crippen LogP contribution in [0, 0.1) is 5.92 Å². The number of Topliss-reactive ketones (excluding diaryl/α,β-unsaturated/α-hetero) is 1. The van der Waals surface area contributed by atoms with Crippen LogP contribution < -0.4 is 5.73 Å². The lowest BCUT2D eigenvalue weighted by Crippen LogP contribution is -2.46. The summed E-state index contributed by atoms with van der Waals surface area (Å²) >= 11 is 7.63. The van der Waals surface area contributed by atoms with E-state index in [1.807, 2.05) is 12.1 Å². The van der Waals surface area contributed by atoms with E-state index >= 15 is 0 Å². The second-order valence-electron chi connectivity index (χ2n) is 8.88. The normalized spacial score (nSPS) is 26.4. The zero-order valence-corrected chi connectivity index (χ0v) is 19.6. The van der Waals surface area contributed by atoms with Crippen molar-refractivity contribution >= 4 is 40.5 Å². The molecule has 3 fully saturated rings. The number of likely N-dealkylation sites (tertiary alicyclic amines) is 1. The van der Waals surface area contributed by atoms with Crippen molar-refractivity contribution < 1.29 is 19.1 Å². The smallest absolute Gasteiger partial charge is 0.277 e. The van der Waals surface area contributed by atoms with Crippen LogP contribution in [0.15, 0.2) is 24.4 Å². The molecule has 33 heavy (non-hydrogen) atoms. The van der Waals surface area contributed by atoms with Crippen LogP contribution in [0.4, 0.5) is 0 Å². The highest BCUT2D eigenvalue weighted by molar-refractivity contribution is 7.17. The number of alkyl halides is 1. The first kappa shape index (κ1) is 22.4. The molecule has 4 atom stereocenters. The summed E-state index contributed by atoms with van der Waals surface area (Å²) < 4.78 is 5.58. The Morgan fingerprint density at radius 2 is 2.03 bits per heavy atom. The molecule has 5 rings (SSSR count). The Labute approximate surface area is 200 Å². The molecule has 0 spiro atoms. The average molecular weight is 489 g/mol. The first-order valence-electron chi connectivity index (χ1n) is 11.3. The van der Waals surface area contributed by atoms with Crippen molar-refractivity contribution in [3.63, 3.8) is 0 Å². The lowest BCUT2D eigenvalue weighted by Gasteiger charge is -2.33. The molecule has 2 amide bonds. The van der Waals surface area contributed by atoms with Gasteiger partial charge in [0, 0.05) is 12.7 Å². The fraction of sp³-hybridized carbons (Fsp3) is 0.522. The van der Waals surface area contributed by atoms with E-state index in [2.05, 4.69) is 9.97 Å². The molecule has 0 aromatic carbocycles. The molecule has 0 bridgehead atoms. The minimum Gasteiger partial charge on any atom is -0.366 e. The number of nitrogens with zero attached hydrogens (tertiary/aromatic N) is 3. The van der Waals surface area contributed by atoms with Crippen molar-refractivity contribution in [1.82, 2.24) is 14.9 Å². The highest BCUT2D eigenvalue weighted by atomic mass is 35.5. The molecule has 8 nitrogen and oxygen atoms in total. The molecule has 3 aliphatic rings. The molecule has 4 heterocycles. The third-order valence-corrected chi connectivity index (χ3v) is 8.34. The maximum Gasteiger partial charge on any atom is 0.277 e. The van der Waals surface area contributed by atoms with Crippen LogP contribution in [0.25, 0.3) is 10.6 Å². The molecule has 2 aliphatic heterocycles. The van der Waals surface area contributed by atoms with E-state index in [1.54, 1.807) is 17.2 Å². The maximum atomic E-state index is 14.1. The van der Waals surface area contributed by atoms with Crippen molar-refractivity contribution in [2.45, 2.75) is 55.5 Å². The Kier molecular flexibility index (Phi) is 6.20. The summed E-state index contributed by atoms with van der Waals surface area (Å²) in [7, 11) is 0. The van der Waals surface area contributed by atoms with E-state index in [1.165, 1.54) is 0 Å². The number of carbonyl (C=O) groups excluding carboxylic acids is 3. The number of primary amides is 1. The van der Waals surface area contributed by atoms with Crippen molar-refractivity contribution in [2.24, 2.45) is 11.7 Å². The van der Waals surface area contributed by atoms with Crippen LogP contribution in [0.3, 0.4) is 0 Å². The number of amides is 2. The van der Waals surface area contributed by atoms with Gasteiger partial charge < -0.3 is 15.4 Å². The fourth-order valence-corrected chi connectivity index (χ4v) is 6.64. The number of aromatic nitrogens is 2. The topological polar surface area (TPSA) is 115 Å². The summed E-state index contributed by atoms with van der Waals surface area (Å²) in [5, 5.41) is -0.293. The molecular weight excluding hydrogens is 464 g/mol. The molecule has 0 radical (unpaired) electrons. The van der Waals surface area contributed by atoms with Crippen molar-refractivity contribution in [3.8, 4) is 10.6 Å². The largest absolute Gasteiger partial charge is 0.366 e. The van der Waals surface area contributed by atoms with Crippen LogP contribution in [0.1, 0.15) is 53.5 Å². The summed E-state index contributed by atoms with van der Waals surface area (Å²) in [6.07, 6.45) is 6.09. The van der Waals surface area contributed by atoms with Crippen molar-refractivity contribution in [3.05, 3.63) is 35.1 Å². The van der Waals surface area contributed by atoms with Gasteiger partial charge in [-0.2, -0.15) is 0 Å². The molecule has 0 unspecified atom stereocenters. The Morgan fingerprint density at radius 3 is 2.73 bits per heavy atom. The number of nitrogens with two attached hydrogens (primary N) is 1. The van der Waals surface area contributed by atoms with Gasteiger partial charge in [0.2, 0.25) is 5.91 Å². The van der Waals surface area contributed by atoms with Crippen LogP contribution in [0.2, 0.25) is 0 Å². The van der Waals surface area contributed by atoms with Gasteiger partial charge in [0.15, 0.2) is 10.8 Å². The molecule has 2 aromatic rings. The quantitative estimate of drug-likeness (QED) is 0.647. The van der Waals surface area contributed by atoms with E-state index in [0.717, 1.165) is 43.4 Å². The van der Waals surface area contributed by atoms with Gasteiger partial charge in [-0.25, -0.2) is 4.98 Å². The first-order chi connectivity index (χ1) is 16.0. The predicted octanol–water partition coefficient (Wildman–Crippen LogP) is 2.75. The lowest BCUT2D eigenvalue weighted by atomic mass is 9.77. The Balaban J connectivity index is 1.60. The van der Waals surface area contributed by atoms with Gasteiger partial charge in [-0.1, -0.05) is 25.3 Å². The van der Waals surface area contributed by atoms with E-state index < -0.39 is 29.3 Å². The third-order valence-electron chi connectivity index (χ3n) is 6.85. The molecule has 174 valence electrons. The van der Waals surface area contributed by atoms with Crippen LogP contribution in [-0.2, 0) is 14.3 Å². The number of fused-ring (bicyclic) bond motifs is 1. The van der Waals surface area contributed by atoms with Gasteiger partial charge in [0.25, 0.3) is 5.91 Å².